The first-order valence-corrected chi connectivity index (χ1v) is 23.7. The van der Waals surface area contributed by atoms with Crippen LogP contribution in [0.25, 0.3) is 0 Å². The molecular formula is C51H89NO5. The monoisotopic (exact) mass is 796 g/mol. The van der Waals surface area contributed by atoms with Gasteiger partial charge in [0.05, 0.1) is 25.2 Å². The minimum atomic E-state index is -0.821. The topological polar surface area (TPSA) is 95.9 Å². The lowest BCUT2D eigenvalue weighted by molar-refractivity contribution is -0.148. The van der Waals surface area contributed by atoms with Gasteiger partial charge in [-0.05, 0) is 76.7 Å². The van der Waals surface area contributed by atoms with Gasteiger partial charge in [0, 0.05) is 6.42 Å². The molecule has 0 aliphatic carbocycles. The van der Waals surface area contributed by atoms with Gasteiger partial charge in [-0.3, -0.25) is 9.59 Å². The Morgan fingerprint density at radius 2 is 0.982 bits per heavy atom. The van der Waals surface area contributed by atoms with Crippen molar-refractivity contribution in [3.63, 3.8) is 0 Å². The van der Waals surface area contributed by atoms with Crippen molar-refractivity contribution in [1.82, 2.24) is 5.32 Å². The normalized spacial score (nSPS) is 14.0. The van der Waals surface area contributed by atoms with Crippen molar-refractivity contribution in [2.75, 3.05) is 6.61 Å². The predicted molar refractivity (Wildman–Crippen MR) is 245 cm³/mol. The number of aliphatic hydroxyl groups excluding tert-OH is 2. The van der Waals surface area contributed by atoms with Crippen LogP contribution in [0.2, 0.25) is 0 Å². The van der Waals surface area contributed by atoms with Crippen molar-refractivity contribution in [1.29, 1.82) is 0 Å². The number of amides is 1. The number of carbonyl (C=O) groups excluding carboxylic acids is 2. The fourth-order valence-corrected chi connectivity index (χ4v) is 6.68. The van der Waals surface area contributed by atoms with E-state index in [1.165, 1.54) is 89.9 Å². The van der Waals surface area contributed by atoms with Crippen LogP contribution in [-0.2, 0) is 14.3 Å². The molecule has 3 unspecified atom stereocenters. The molecule has 6 heteroatoms. The summed E-state index contributed by atoms with van der Waals surface area (Å²) in [5, 5.41) is 23.6. The van der Waals surface area contributed by atoms with Crippen molar-refractivity contribution in [2.24, 2.45) is 0 Å². The highest BCUT2D eigenvalue weighted by Gasteiger charge is 2.23. The van der Waals surface area contributed by atoms with Gasteiger partial charge < -0.3 is 20.3 Å². The zero-order valence-corrected chi connectivity index (χ0v) is 37.2. The molecular weight excluding hydrogens is 707 g/mol. The number of unbranched alkanes of at least 4 members (excludes halogenated alkanes) is 19. The molecule has 0 spiro atoms. The number of hydrogen-bond donors (Lipinski definition) is 3. The van der Waals surface area contributed by atoms with E-state index >= 15 is 0 Å². The van der Waals surface area contributed by atoms with Gasteiger partial charge in [0.1, 0.15) is 6.10 Å². The third kappa shape index (κ3) is 39.9. The summed E-state index contributed by atoms with van der Waals surface area (Å²) in [6.07, 6.45) is 55.6. The number of hydrogen-bond acceptors (Lipinski definition) is 5. The lowest BCUT2D eigenvalue weighted by atomic mass is 10.0. The number of carbonyl (C=O) groups is 2. The largest absolute Gasteiger partial charge is 0.458 e. The predicted octanol–water partition coefficient (Wildman–Crippen LogP) is 13.8. The average molecular weight is 796 g/mol. The van der Waals surface area contributed by atoms with Crippen LogP contribution in [-0.4, -0.2) is 46.9 Å². The molecule has 0 rings (SSSR count). The van der Waals surface area contributed by atoms with Gasteiger partial charge >= 0.3 is 5.97 Å². The Morgan fingerprint density at radius 1 is 0.544 bits per heavy atom. The Morgan fingerprint density at radius 3 is 1.47 bits per heavy atom. The third-order valence-corrected chi connectivity index (χ3v) is 10.3. The molecule has 0 fully saturated rings. The fraction of sp³-hybridized carbons (Fsp3) is 0.725. The van der Waals surface area contributed by atoms with E-state index in [0.29, 0.717) is 19.3 Å². The van der Waals surface area contributed by atoms with Crippen LogP contribution in [0.15, 0.2) is 72.9 Å². The molecule has 6 nitrogen and oxygen atoms in total. The van der Waals surface area contributed by atoms with E-state index in [0.717, 1.165) is 77.0 Å². The van der Waals surface area contributed by atoms with Crippen LogP contribution in [0.1, 0.15) is 213 Å². The summed E-state index contributed by atoms with van der Waals surface area (Å²) >= 11 is 0. The first kappa shape index (κ1) is 54.3. The smallest absolute Gasteiger partial charge is 0.306 e. The summed E-state index contributed by atoms with van der Waals surface area (Å²) in [5.41, 5.74) is 0. The van der Waals surface area contributed by atoms with Gasteiger partial charge in [0.15, 0.2) is 0 Å². The average Bonchev–Trinajstić information content (AvgIpc) is 3.20. The van der Waals surface area contributed by atoms with Crippen molar-refractivity contribution < 1.29 is 24.5 Å². The van der Waals surface area contributed by atoms with Crippen LogP contribution in [0.3, 0.4) is 0 Å². The zero-order valence-electron chi connectivity index (χ0n) is 37.2. The summed E-state index contributed by atoms with van der Waals surface area (Å²) in [7, 11) is 0. The highest BCUT2D eigenvalue weighted by molar-refractivity contribution is 5.78. The maximum atomic E-state index is 13.1. The van der Waals surface area contributed by atoms with Crippen LogP contribution in [0.4, 0.5) is 0 Å². The SMILES string of the molecule is CC/C=C/C/C=C/C/C=C/C/C=C/C/C=C/C(CC(=O)NC(CO)C(O)CCCCCCCCCCCC)OC(=O)CCCCC/C=C\CCCCCCCCC. The van der Waals surface area contributed by atoms with Crippen molar-refractivity contribution >= 4 is 11.9 Å². The number of aliphatic hydroxyl groups is 2. The number of allylic oxidation sites excluding steroid dienone is 11. The molecule has 3 N–H and O–H groups in total. The highest BCUT2D eigenvalue weighted by Crippen LogP contribution is 2.15. The van der Waals surface area contributed by atoms with Crippen LogP contribution < -0.4 is 5.32 Å². The van der Waals surface area contributed by atoms with Gasteiger partial charge in [0.25, 0.3) is 0 Å². The first-order chi connectivity index (χ1) is 28.0. The maximum Gasteiger partial charge on any atom is 0.306 e. The van der Waals surface area contributed by atoms with E-state index in [4.69, 9.17) is 4.74 Å². The van der Waals surface area contributed by atoms with E-state index in [-0.39, 0.29) is 24.9 Å². The van der Waals surface area contributed by atoms with Crippen LogP contribution >= 0.6 is 0 Å². The molecule has 0 saturated carbocycles. The standard InChI is InChI=1S/C51H89NO5/c1-4-7-10-13-16-19-22-24-26-28-30-33-36-39-42-47(57-51(56)44-41-38-35-32-29-27-25-23-20-17-14-11-8-5-2)45-50(55)52-48(46-53)49(54)43-40-37-34-31-21-18-15-12-9-6-3/h7,10,16,19,24,26-27,29-30,33,39,42,47-49,53-54H,4-6,8-9,11-15,17-18,20-23,25,28,31-32,34-38,40-41,43-46H2,1-3H3,(H,52,55)/b10-7+,19-16+,26-24+,29-27-,33-30+,42-39+. The molecule has 57 heavy (non-hydrogen) atoms. The number of rotatable bonds is 41. The minimum Gasteiger partial charge on any atom is -0.458 e. The summed E-state index contributed by atoms with van der Waals surface area (Å²) in [5.74, 6) is -0.652. The van der Waals surface area contributed by atoms with Gasteiger partial charge in [-0.2, -0.15) is 0 Å². The van der Waals surface area contributed by atoms with E-state index < -0.39 is 18.2 Å². The molecule has 0 aromatic carbocycles. The van der Waals surface area contributed by atoms with E-state index in [1.807, 2.05) is 6.08 Å². The second-order valence-corrected chi connectivity index (χ2v) is 15.8. The molecule has 0 bridgehead atoms. The molecule has 0 aliphatic rings. The van der Waals surface area contributed by atoms with Gasteiger partial charge in [-0.1, -0.05) is 197 Å². The highest BCUT2D eigenvalue weighted by atomic mass is 16.5. The molecule has 328 valence electrons. The lowest BCUT2D eigenvalue weighted by Crippen LogP contribution is -2.46. The van der Waals surface area contributed by atoms with Gasteiger partial charge in [0.2, 0.25) is 5.91 Å². The van der Waals surface area contributed by atoms with Crippen molar-refractivity contribution in [3.05, 3.63) is 72.9 Å². The molecule has 0 heterocycles. The van der Waals surface area contributed by atoms with Crippen LogP contribution in [0.5, 0.6) is 0 Å². The molecule has 0 aliphatic heterocycles. The maximum absolute atomic E-state index is 13.1. The Balaban J connectivity index is 4.80. The number of esters is 1. The molecule has 0 aromatic heterocycles. The Bertz CT molecular complexity index is 1070. The van der Waals surface area contributed by atoms with E-state index in [1.54, 1.807) is 6.08 Å². The summed E-state index contributed by atoms with van der Waals surface area (Å²) < 4.78 is 5.79. The van der Waals surface area contributed by atoms with Crippen LogP contribution in [0, 0.1) is 0 Å². The summed E-state index contributed by atoms with van der Waals surface area (Å²) in [6.45, 7) is 6.29. The van der Waals surface area contributed by atoms with E-state index in [9.17, 15) is 19.8 Å². The minimum absolute atomic E-state index is 0.0541. The molecule has 0 aromatic rings. The van der Waals surface area contributed by atoms with Gasteiger partial charge in [-0.25, -0.2) is 0 Å². The Hall–Kier alpha value is -2.70. The van der Waals surface area contributed by atoms with E-state index in [2.05, 4.69) is 86.8 Å². The number of ether oxygens (including phenoxy) is 1. The van der Waals surface area contributed by atoms with Crippen molar-refractivity contribution in [3.8, 4) is 0 Å². The molecule has 1 amide bonds. The molecule has 0 radical (unpaired) electrons. The Labute approximate surface area is 351 Å². The fourth-order valence-electron chi connectivity index (χ4n) is 6.68. The third-order valence-electron chi connectivity index (χ3n) is 10.3. The van der Waals surface area contributed by atoms with Gasteiger partial charge in [-0.15, -0.1) is 0 Å². The second-order valence-electron chi connectivity index (χ2n) is 15.8. The molecule has 0 saturated heterocycles. The summed E-state index contributed by atoms with van der Waals surface area (Å²) in [6, 6.07) is -0.745. The number of nitrogens with one attached hydrogen (secondary N) is 1. The first-order valence-electron chi connectivity index (χ1n) is 23.7. The zero-order chi connectivity index (χ0) is 41.7. The molecule has 3 atom stereocenters. The summed E-state index contributed by atoms with van der Waals surface area (Å²) in [4.78, 5) is 25.9. The quantitative estimate of drug-likeness (QED) is 0.0325. The second kappa shape index (κ2) is 44.4. The van der Waals surface area contributed by atoms with Crippen molar-refractivity contribution in [2.45, 2.75) is 232 Å². The Kier molecular flexibility index (Phi) is 42.3. The lowest BCUT2D eigenvalue weighted by Gasteiger charge is -2.23.